The Morgan fingerprint density at radius 1 is 0.632 bits per heavy atom. The SMILES string of the molecule is CC(C)[C]12[CH]3[CH]4[CH]5[CH]1[Zr]45321678[CH]2[CH]1[CH]6[C]7(C(C)C)[CH]28.Cl.Cl. The normalized spacial score (nSPS) is 111. The molecule has 0 bridgehead atoms. The molecule has 10 aliphatic rings. The molecule has 0 saturated carbocycles. The third kappa shape index (κ3) is 0.104. The zero-order valence-corrected chi connectivity index (χ0v) is 16.2. The monoisotopic (exact) mass is 376 g/mol. The van der Waals surface area contributed by atoms with Gasteiger partial charge in [-0.1, -0.05) is 0 Å². The van der Waals surface area contributed by atoms with Crippen LogP contribution < -0.4 is 0 Å². The minimum atomic E-state index is -3.44. The van der Waals surface area contributed by atoms with Crippen molar-refractivity contribution in [1.29, 1.82) is 0 Å². The maximum absolute atomic E-state index is 3.44. The van der Waals surface area contributed by atoms with Crippen molar-refractivity contribution in [3.63, 3.8) is 0 Å². The van der Waals surface area contributed by atoms with Crippen LogP contribution in [0.3, 0.4) is 0 Å². The Morgan fingerprint density at radius 3 is 1.00 bits per heavy atom. The van der Waals surface area contributed by atoms with Crippen molar-refractivity contribution in [3.05, 3.63) is 0 Å². The molecule has 106 valence electrons. The van der Waals surface area contributed by atoms with Gasteiger partial charge in [0, 0.05) is 0 Å². The molecule has 10 saturated heterocycles. The largest absolute Gasteiger partial charge is 0.147 e. The summed E-state index contributed by atoms with van der Waals surface area (Å²) in [6.45, 7) is 10.6. The summed E-state index contributed by atoms with van der Waals surface area (Å²) in [5, 5.41) is 0. The van der Waals surface area contributed by atoms with Crippen LogP contribution in [0.15, 0.2) is 0 Å². The van der Waals surface area contributed by atoms with E-state index >= 15 is 0 Å². The van der Waals surface area contributed by atoms with Gasteiger partial charge >= 0.3 is 86.1 Å². The Morgan fingerprint density at radius 2 is 0.895 bits per heavy atom. The standard InChI is InChI=1S/2C8H11.2ClH.Zr/c2*1-7(2)8-5-3-4-6-8;;;/h2*3-7H,1-2H3;2*1H;. The molecule has 0 aliphatic carbocycles. The van der Waals surface area contributed by atoms with E-state index in [0.717, 1.165) is 11.8 Å². The summed E-state index contributed by atoms with van der Waals surface area (Å²) in [5.41, 5.74) is 0. The molecule has 10 fully saturated rings. The first-order chi connectivity index (χ1) is 7.82. The average Bonchev–Trinajstić information content (AvgIpc) is 3.22. The van der Waals surface area contributed by atoms with Gasteiger partial charge in [-0.05, 0) is 0 Å². The summed E-state index contributed by atoms with van der Waals surface area (Å²) in [7, 11) is 0. The molecule has 0 aromatic carbocycles. The first-order valence-electron chi connectivity index (χ1n) is 8.85. The van der Waals surface area contributed by atoms with Gasteiger partial charge in [0.1, 0.15) is 0 Å². The van der Waals surface area contributed by atoms with Crippen molar-refractivity contribution in [2.75, 3.05) is 0 Å². The van der Waals surface area contributed by atoms with Gasteiger partial charge in [-0.15, -0.1) is 24.8 Å². The van der Waals surface area contributed by atoms with Gasteiger partial charge in [-0.3, -0.25) is 0 Å². The maximum Gasteiger partial charge on any atom is -0.147 e. The Bertz CT molecular complexity index is 915. The Kier molecular flexibility index (Phi) is 0.459. The Hall–Kier alpha value is 1.46. The molecule has 3 heteroatoms. The molecule has 0 nitrogen and oxygen atoms in total. The van der Waals surface area contributed by atoms with Crippen LogP contribution in [0.25, 0.3) is 0 Å². The van der Waals surface area contributed by atoms with Crippen molar-refractivity contribution in [3.8, 4) is 0 Å². The van der Waals surface area contributed by atoms with Crippen LogP contribution in [0.2, 0.25) is 35.3 Å². The summed E-state index contributed by atoms with van der Waals surface area (Å²) < 4.78 is 14.6. The van der Waals surface area contributed by atoms with Crippen molar-refractivity contribution in [2.45, 2.75) is 62.9 Å². The van der Waals surface area contributed by atoms with Crippen LogP contribution in [-0.4, -0.2) is 0 Å². The fraction of sp³-hybridized carbons (Fsp3) is 1.00. The van der Waals surface area contributed by atoms with Gasteiger partial charge in [0.15, 0.2) is 0 Å². The zero-order chi connectivity index (χ0) is 11.1. The third-order valence-corrected chi connectivity index (χ3v) is 120. The van der Waals surface area contributed by atoms with Gasteiger partial charge < -0.3 is 0 Å². The third-order valence-electron chi connectivity index (χ3n) is 22.6. The summed E-state index contributed by atoms with van der Waals surface area (Å²) in [5.74, 6) is 2.24. The molecule has 0 aromatic heterocycles. The minimum Gasteiger partial charge on any atom is -0.147 e. The molecule has 10 aliphatic heterocycles. The second kappa shape index (κ2) is 0.848. The fourth-order valence-corrected chi connectivity index (χ4v) is 266. The van der Waals surface area contributed by atoms with Gasteiger partial charge in [-0.2, -0.15) is 0 Å². The summed E-state index contributed by atoms with van der Waals surface area (Å²) in [6.07, 6.45) is 0. The van der Waals surface area contributed by atoms with E-state index in [9.17, 15) is 0 Å². The molecule has 19 heavy (non-hydrogen) atoms. The molecule has 8 atom stereocenters. The molecule has 8 unspecified atom stereocenters. The van der Waals surface area contributed by atoms with Crippen molar-refractivity contribution in [2.24, 2.45) is 11.8 Å². The Balaban J connectivity index is 0.000000376. The van der Waals surface area contributed by atoms with Crippen molar-refractivity contribution >= 4 is 24.8 Å². The van der Waals surface area contributed by atoms with Crippen LogP contribution >= 0.6 is 24.8 Å². The van der Waals surface area contributed by atoms with E-state index in [0.29, 0.717) is 0 Å². The zero-order valence-electron chi connectivity index (χ0n) is 12.1. The molecule has 0 amide bonds. The second-order valence-corrected chi connectivity index (χ2v) is 67.1. The van der Waals surface area contributed by atoms with E-state index in [-0.39, 0.29) is 24.8 Å². The topological polar surface area (TPSA) is 0 Å². The van der Waals surface area contributed by atoms with Crippen LogP contribution in [0.5, 0.6) is 0 Å². The summed E-state index contributed by atoms with van der Waals surface area (Å²) in [4.78, 5) is 0. The van der Waals surface area contributed by atoms with E-state index in [1.54, 1.807) is 0 Å². The van der Waals surface area contributed by atoms with E-state index in [1.165, 1.54) is 35.3 Å². The Labute approximate surface area is 110 Å². The molecule has 0 N–H and O–H groups in total. The fourth-order valence-electron chi connectivity index (χ4n) is 28.9. The molecule has 0 radical (unpaired) electrons. The van der Waals surface area contributed by atoms with Crippen molar-refractivity contribution < 1.29 is 11.4 Å². The number of halogens is 2. The first kappa shape index (κ1) is 10.3. The van der Waals surface area contributed by atoms with Crippen LogP contribution in [0, 0.1) is 11.8 Å². The van der Waals surface area contributed by atoms with E-state index < -0.39 is 11.4 Å². The van der Waals surface area contributed by atoms with Gasteiger partial charge in [0.25, 0.3) is 0 Å². The molecule has 0 aromatic rings. The number of rotatable bonds is 2. The van der Waals surface area contributed by atoms with Crippen LogP contribution in [0.1, 0.15) is 27.7 Å². The molecular formula is C16H24Cl2Zr. The summed E-state index contributed by atoms with van der Waals surface area (Å²) >= 11 is -3.44. The van der Waals surface area contributed by atoms with Gasteiger partial charge in [-0.25, -0.2) is 0 Å². The number of hydrogen-bond donors (Lipinski definition) is 0. The first-order valence-corrected chi connectivity index (χ1v) is 22.7. The van der Waals surface area contributed by atoms with E-state index in [2.05, 4.69) is 27.7 Å². The van der Waals surface area contributed by atoms with Crippen LogP contribution in [0.4, 0.5) is 0 Å². The number of fused-ring (bicyclic) bond motifs is 10. The second-order valence-electron chi connectivity index (χ2n) is 15.3. The predicted octanol–water partition coefficient (Wildman–Crippen LogP) is 6.27. The van der Waals surface area contributed by atoms with Crippen LogP contribution in [-0.2, 0) is 11.4 Å². The quantitative estimate of drug-likeness (QED) is 0.531. The van der Waals surface area contributed by atoms with Gasteiger partial charge in [0.05, 0.1) is 0 Å². The smallest absolute Gasteiger partial charge is 0.147 e. The molecule has 10 rings (SSSR count). The average molecular weight is 378 g/mol. The van der Waals surface area contributed by atoms with E-state index in [4.69, 9.17) is 0 Å². The number of hydrogen-bond acceptors (Lipinski definition) is 0. The predicted molar refractivity (Wildman–Crippen MR) is 79.6 cm³/mol. The van der Waals surface area contributed by atoms with E-state index in [1.807, 2.05) is 0 Å². The van der Waals surface area contributed by atoms with Crippen molar-refractivity contribution in [1.82, 2.24) is 0 Å². The van der Waals surface area contributed by atoms with Gasteiger partial charge in [0.2, 0.25) is 0 Å². The maximum atomic E-state index is 2.66. The molecule has 1 spiro atoms. The molecular weight excluding hydrogens is 354 g/mol. The summed E-state index contributed by atoms with van der Waals surface area (Å²) in [6, 6.07) is 0. The molecule has 10 heterocycles. The minimum absolute atomic E-state index is 0.